The number of carbonyl (C=O) groups excluding carboxylic acids is 4. The molecule has 2 aromatic rings. The largest absolute Gasteiger partial charge is 0.508 e. The lowest BCUT2D eigenvalue weighted by Gasteiger charge is -2.17. The molecule has 1 atom stereocenters. The molecule has 0 fully saturated rings. The summed E-state index contributed by atoms with van der Waals surface area (Å²) in [4.78, 5) is 48.3. The number of hydrogen-bond acceptors (Lipinski definition) is 8. The van der Waals surface area contributed by atoms with Gasteiger partial charge in [0, 0.05) is 12.1 Å². The van der Waals surface area contributed by atoms with E-state index in [1.165, 1.54) is 51.7 Å². The number of esters is 3. The molecule has 3 N–H and O–H groups in total. The minimum absolute atomic E-state index is 0.0225. The normalized spacial score (nSPS) is 11.1. The van der Waals surface area contributed by atoms with E-state index in [4.69, 9.17) is 4.74 Å². The molecule has 2 aromatic carbocycles. The van der Waals surface area contributed by atoms with Gasteiger partial charge in [-0.1, -0.05) is 12.1 Å². The summed E-state index contributed by atoms with van der Waals surface area (Å²) >= 11 is 0. The number of phenols is 1. The number of amides is 2. The maximum atomic E-state index is 12.5. The third-order valence-corrected chi connectivity index (χ3v) is 4.20. The average Bonchev–Trinajstić information content (AvgIpc) is 2.77. The predicted octanol–water partition coefficient (Wildman–Crippen LogP) is 1.87. The molecule has 0 radical (unpaired) electrons. The van der Waals surface area contributed by atoms with E-state index in [9.17, 15) is 24.3 Å². The maximum Gasteiger partial charge on any atom is 0.337 e. The van der Waals surface area contributed by atoms with Crippen LogP contribution in [0.25, 0.3) is 0 Å². The molecule has 2 amide bonds. The molecule has 164 valence electrons. The smallest absolute Gasteiger partial charge is 0.337 e. The van der Waals surface area contributed by atoms with E-state index in [0.29, 0.717) is 5.56 Å². The van der Waals surface area contributed by atoms with Crippen molar-refractivity contribution in [3.8, 4) is 5.75 Å². The fraction of sp³-hybridized carbons (Fsp3) is 0.238. The van der Waals surface area contributed by atoms with Crippen molar-refractivity contribution in [1.82, 2.24) is 5.32 Å². The van der Waals surface area contributed by atoms with E-state index in [-0.39, 0.29) is 29.0 Å². The number of carbonyl (C=O) groups is 4. The van der Waals surface area contributed by atoms with Crippen LogP contribution < -0.4 is 10.6 Å². The zero-order chi connectivity index (χ0) is 23.0. The molecular formula is C21H22N2O8. The van der Waals surface area contributed by atoms with Gasteiger partial charge in [-0.2, -0.15) is 0 Å². The molecule has 0 saturated carbocycles. The van der Waals surface area contributed by atoms with E-state index in [1.54, 1.807) is 12.1 Å². The Morgan fingerprint density at radius 2 is 1.42 bits per heavy atom. The molecule has 31 heavy (non-hydrogen) atoms. The second-order valence-electron chi connectivity index (χ2n) is 6.33. The first-order valence-electron chi connectivity index (χ1n) is 9.02. The van der Waals surface area contributed by atoms with Gasteiger partial charge in [-0.15, -0.1) is 0 Å². The van der Waals surface area contributed by atoms with Gasteiger partial charge in [0.05, 0.1) is 32.5 Å². The Labute approximate surface area is 178 Å². The summed E-state index contributed by atoms with van der Waals surface area (Å²) in [7, 11) is 3.54. The van der Waals surface area contributed by atoms with Crippen LogP contribution in [0.3, 0.4) is 0 Å². The van der Waals surface area contributed by atoms with Crippen molar-refractivity contribution in [2.75, 3.05) is 26.6 Å². The van der Waals surface area contributed by atoms with Gasteiger partial charge in [0.15, 0.2) is 0 Å². The molecule has 0 bridgehead atoms. The zero-order valence-electron chi connectivity index (χ0n) is 17.1. The molecule has 0 aliphatic rings. The Kier molecular flexibility index (Phi) is 7.95. The standard InChI is InChI=1S/C21H22N2O8/c1-29-18(25)13-9-14(19(26)30-2)11-15(10-13)22-21(28)23-17(20(27)31-3)8-12-4-6-16(24)7-5-12/h4-7,9-11,17,24H,8H2,1-3H3,(H2,22,23,28)/t17-/m0/s1. The zero-order valence-corrected chi connectivity index (χ0v) is 17.1. The molecule has 0 saturated heterocycles. The van der Waals surface area contributed by atoms with Gasteiger partial charge in [0.1, 0.15) is 11.8 Å². The lowest BCUT2D eigenvalue weighted by molar-refractivity contribution is -0.142. The fourth-order valence-corrected chi connectivity index (χ4v) is 2.70. The van der Waals surface area contributed by atoms with Crippen LogP contribution in [0.5, 0.6) is 5.75 Å². The quantitative estimate of drug-likeness (QED) is 0.447. The Hall–Kier alpha value is -4.08. The number of hydrogen-bond donors (Lipinski definition) is 3. The molecule has 10 heteroatoms. The molecular weight excluding hydrogens is 408 g/mol. The first-order chi connectivity index (χ1) is 14.8. The van der Waals surface area contributed by atoms with Crippen molar-refractivity contribution >= 4 is 29.6 Å². The highest BCUT2D eigenvalue weighted by molar-refractivity contribution is 5.99. The van der Waals surface area contributed by atoms with Gasteiger partial charge in [0.2, 0.25) is 0 Å². The van der Waals surface area contributed by atoms with Gasteiger partial charge in [-0.25, -0.2) is 19.2 Å². The fourth-order valence-electron chi connectivity index (χ4n) is 2.70. The maximum absolute atomic E-state index is 12.5. The Morgan fingerprint density at radius 1 is 0.871 bits per heavy atom. The monoisotopic (exact) mass is 430 g/mol. The predicted molar refractivity (Wildman–Crippen MR) is 109 cm³/mol. The summed E-state index contributed by atoms with van der Waals surface area (Å²) in [6.07, 6.45) is 0.107. The van der Waals surface area contributed by atoms with Crippen molar-refractivity contribution in [3.05, 3.63) is 59.2 Å². The summed E-state index contributed by atoms with van der Waals surface area (Å²) in [6.45, 7) is 0. The van der Waals surface area contributed by atoms with Crippen molar-refractivity contribution < 1.29 is 38.5 Å². The van der Waals surface area contributed by atoms with Crippen molar-refractivity contribution in [2.45, 2.75) is 12.5 Å². The summed E-state index contributed by atoms with van der Waals surface area (Å²) in [5.74, 6) is -2.04. The highest BCUT2D eigenvalue weighted by Gasteiger charge is 2.23. The average molecular weight is 430 g/mol. The van der Waals surface area contributed by atoms with E-state index in [0.717, 1.165) is 0 Å². The number of urea groups is 1. The summed E-state index contributed by atoms with van der Waals surface area (Å²) < 4.78 is 14.0. The van der Waals surface area contributed by atoms with Gasteiger partial charge < -0.3 is 30.0 Å². The number of nitrogens with one attached hydrogen (secondary N) is 2. The van der Waals surface area contributed by atoms with Crippen LogP contribution in [-0.4, -0.2) is 56.4 Å². The molecule has 0 unspecified atom stereocenters. The molecule has 0 aliphatic carbocycles. The number of phenolic OH excluding ortho intramolecular Hbond substituents is 1. The number of benzene rings is 2. The Morgan fingerprint density at radius 3 is 1.90 bits per heavy atom. The number of aromatic hydroxyl groups is 1. The number of ether oxygens (including phenoxy) is 3. The highest BCUT2D eigenvalue weighted by atomic mass is 16.5. The van der Waals surface area contributed by atoms with E-state index < -0.39 is 30.0 Å². The molecule has 0 heterocycles. The van der Waals surface area contributed by atoms with Crippen LogP contribution >= 0.6 is 0 Å². The third-order valence-electron chi connectivity index (χ3n) is 4.20. The highest BCUT2D eigenvalue weighted by Crippen LogP contribution is 2.17. The summed E-state index contributed by atoms with van der Waals surface area (Å²) in [6, 6.07) is 8.21. The van der Waals surface area contributed by atoms with Crippen LogP contribution in [-0.2, 0) is 25.4 Å². The lowest BCUT2D eigenvalue weighted by Crippen LogP contribution is -2.45. The van der Waals surface area contributed by atoms with Gasteiger partial charge in [-0.3, -0.25) is 0 Å². The SMILES string of the molecule is COC(=O)c1cc(NC(=O)N[C@@H](Cc2ccc(O)cc2)C(=O)OC)cc(C(=O)OC)c1. The molecule has 10 nitrogen and oxygen atoms in total. The third kappa shape index (κ3) is 6.46. The number of anilines is 1. The van der Waals surface area contributed by atoms with E-state index in [1.807, 2.05) is 0 Å². The topological polar surface area (TPSA) is 140 Å². The number of methoxy groups -OCH3 is 3. The Bertz CT molecular complexity index is 938. The van der Waals surface area contributed by atoms with Crippen LogP contribution in [0.2, 0.25) is 0 Å². The van der Waals surface area contributed by atoms with Crippen LogP contribution in [0, 0.1) is 0 Å². The molecule has 0 aromatic heterocycles. The molecule has 0 spiro atoms. The number of rotatable bonds is 7. The lowest BCUT2D eigenvalue weighted by atomic mass is 10.1. The first kappa shape index (κ1) is 23.2. The second-order valence-corrected chi connectivity index (χ2v) is 6.33. The first-order valence-corrected chi connectivity index (χ1v) is 9.02. The van der Waals surface area contributed by atoms with Crippen molar-refractivity contribution in [1.29, 1.82) is 0 Å². The van der Waals surface area contributed by atoms with Crippen LogP contribution in [0.4, 0.5) is 10.5 Å². The minimum atomic E-state index is -1.03. The van der Waals surface area contributed by atoms with Crippen LogP contribution in [0.15, 0.2) is 42.5 Å². The second kappa shape index (κ2) is 10.6. The van der Waals surface area contributed by atoms with Gasteiger partial charge in [0.25, 0.3) is 0 Å². The summed E-state index contributed by atoms with van der Waals surface area (Å²) in [5.41, 5.74) is 0.826. The minimum Gasteiger partial charge on any atom is -0.508 e. The van der Waals surface area contributed by atoms with Crippen LogP contribution in [0.1, 0.15) is 26.3 Å². The van der Waals surface area contributed by atoms with Crippen molar-refractivity contribution in [2.24, 2.45) is 0 Å². The Balaban J connectivity index is 2.20. The van der Waals surface area contributed by atoms with E-state index >= 15 is 0 Å². The molecule has 0 aliphatic heterocycles. The molecule has 2 rings (SSSR count). The van der Waals surface area contributed by atoms with Gasteiger partial charge in [-0.05, 0) is 35.9 Å². The summed E-state index contributed by atoms with van der Waals surface area (Å²) in [5, 5.41) is 14.3. The van der Waals surface area contributed by atoms with Gasteiger partial charge >= 0.3 is 23.9 Å². The van der Waals surface area contributed by atoms with Crippen molar-refractivity contribution in [3.63, 3.8) is 0 Å². The van der Waals surface area contributed by atoms with E-state index in [2.05, 4.69) is 20.1 Å².